The van der Waals surface area contributed by atoms with Gasteiger partial charge in [-0.15, -0.1) is 0 Å². The van der Waals surface area contributed by atoms with E-state index in [4.69, 9.17) is 11.6 Å². The van der Waals surface area contributed by atoms with Crippen molar-refractivity contribution in [3.05, 3.63) is 58.6 Å². The zero-order valence-corrected chi connectivity index (χ0v) is 15.0. The summed E-state index contributed by atoms with van der Waals surface area (Å²) in [5.74, 6) is -0.198. The van der Waals surface area contributed by atoms with Gasteiger partial charge in [0.1, 0.15) is 6.54 Å². The van der Waals surface area contributed by atoms with Crippen molar-refractivity contribution in [1.29, 1.82) is 0 Å². The highest BCUT2D eigenvalue weighted by Gasteiger charge is 2.30. The molecule has 130 valence electrons. The number of anilines is 2. The van der Waals surface area contributed by atoms with Crippen LogP contribution in [0.25, 0.3) is 0 Å². The number of benzene rings is 2. The third-order valence-electron chi connectivity index (χ3n) is 4.07. The zero-order valence-electron chi connectivity index (χ0n) is 14.3. The quantitative estimate of drug-likeness (QED) is 0.903. The van der Waals surface area contributed by atoms with Crippen LogP contribution in [-0.2, 0) is 4.79 Å². The summed E-state index contributed by atoms with van der Waals surface area (Å²) in [5.41, 5.74) is 3.71. The van der Waals surface area contributed by atoms with Crippen LogP contribution in [0, 0.1) is 13.8 Å². The molecule has 0 aliphatic carbocycles. The Morgan fingerprint density at radius 2 is 1.72 bits per heavy atom. The highest BCUT2D eigenvalue weighted by Crippen LogP contribution is 2.22. The van der Waals surface area contributed by atoms with Crippen molar-refractivity contribution in [2.24, 2.45) is 0 Å². The standard InChI is InChI=1S/C19H20ClN3O2/c1-13-9-14(2)11-16(10-13)21-18(24)12-22-7-8-23(19(22)25)17-5-3-15(20)4-6-17/h3-6,9-11H,7-8,12H2,1-2H3,(H,21,24). The molecule has 0 bridgehead atoms. The molecule has 1 heterocycles. The van der Waals surface area contributed by atoms with Gasteiger partial charge in [-0.2, -0.15) is 0 Å². The van der Waals surface area contributed by atoms with E-state index < -0.39 is 0 Å². The molecular formula is C19H20ClN3O2. The fraction of sp³-hybridized carbons (Fsp3) is 0.263. The summed E-state index contributed by atoms with van der Waals surface area (Å²) in [6.07, 6.45) is 0. The lowest BCUT2D eigenvalue weighted by Crippen LogP contribution is -2.37. The molecule has 25 heavy (non-hydrogen) atoms. The van der Waals surface area contributed by atoms with E-state index in [0.29, 0.717) is 18.1 Å². The number of amides is 3. The molecule has 1 saturated heterocycles. The molecule has 1 aliphatic heterocycles. The summed E-state index contributed by atoms with van der Waals surface area (Å²) in [6.45, 7) is 5.07. The summed E-state index contributed by atoms with van der Waals surface area (Å²) in [7, 11) is 0. The van der Waals surface area contributed by atoms with Crippen LogP contribution in [0.2, 0.25) is 5.02 Å². The fourth-order valence-electron chi connectivity index (χ4n) is 3.01. The Morgan fingerprint density at radius 3 is 2.36 bits per heavy atom. The molecule has 0 saturated carbocycles. The van der Waals surface area contributed by atoms with Crippen molar-refractivity contribution >= 4 is 34.9 Å². The van der Waals surface area contributed by atoms with Gasteiger partial charge in [-0.25, -0.2) is 4.79 Å². The van der Waals surface area contributed by atoms with Gasteiger partial charge in [-0.05, 0) is 61.4 Å². The highest BCUT2D eigenvalue weighted by molar-refractivity contribution is 6.30. The first-order valence-corrected chi connectivity index (χ1v) is 8.50. The van der Waals surface area contributed by atoms with Crippen LogP contribution in [0.1, 0.15) is 11.1 Å². The van der Waals surface area contributed by atoms with Gasteiger partial charge in [0.15, 0.2) is 0 Å². The molecule has 3 rings (SSSR count). The predicted molar refractivity (Wildman–Crippen MR) is 100 cm³/mol. The molecule has 1 N–H and O–H groups in total. The summed E-state index contributed by atoms with van der Waals surface area (Å²) in [4.78, 5) is 28.0. The summed E-state index contributed by atoms with van der Waals surface area (Å²) < 4.78 is 0. The van der Waals surface area contributed by atoms with E-state index in [1.807, 2.05) is 32.0 Å². The smallest absolute Gasteiger partial charge is 0.325 e. The van der Waals surface area contributed by atoms with Crippen molar-refractivity contribution in [1.82, 2.24) is 4.90 Å². The number of carbonyl (C=O) groups excluding carboxylic acids is 2. The first-order valence-electron chi connectivity index (χ1n) is 8.12. The molecule has 1 fully saturated rings. The van der Waals surface area contributed by atoms with Crippen molar-refractivity contribution in [3.63, 3.8) is 0 Å². The van der Waals surface area contributed by atoms with Gasteiger partial charge in [0, 0.05) is 29.5 Å². The highest BCUT2D eigenvalue weighted by atomic mass is 35.5. The molecule has 3 amide bonds. The maximum atomic E-state index is 12.5. The topological polar surface area (TPSA) is 52.7 Å². The Kier molecular flexibility index (Phi) is 4.95. The largest absolute Gasteiger partial charge is 0.325 e. The van der Waals surface area contributed by atoms with Gasteiger partial charge in [0.05, 0.1) is 0 Å². The maximum Gasteiger partial charge on any atom is 0.325 e. The van der Waals surface area contributed by atoms with E-state index >= 15 is 0 Å². The minimum atomic E-state index is -0.198. The Bertz CT molecular complexity index is 785. The average molecular weight is 358 g/mol. The number of hydrogen-bond donors (Lipinski definition) is 1. The second kappa shape index (κ2) is 7.15. The summed E-state index contributed by atoms with van der Waals surface area (Å²) in [6, 6.07) is 12.8. The molecule has 5 nitrogen and oxygen atoms in total. The summed E-state index contributed by atoms with van der Waals surface area (Å²) >= 11 is 5.88. The molecule has 0 unspecified atom stereocenters. The Balaban J connectivity index is 1.62. The van der Waals surface area contributed by atoms with Crippen molar-refractivity contribution in [2.45, 2.75) is 13.8 Å². The van der Waals surface area contributed by atoms with Gasteiger partial charge in [-0.3, -0.25) is 9.69 Å². The number of hydrogen-bond acceptors (Lipinski definition) is 2. The van der Waals surface area contributed by atoms with Crippen LogP contribution >= 0.6 is 11.6 Å². The molecule has 2 aromatic rings. The molecule has 0 atom stereocenters. The molecule has 2 aromatic carbocycles. The monoisotopic (exact) mass is 357 g/mol. The van der Waals surface area contributed by atoms with E-state index in [-0.39, 0.29) is 18.5 Å². The van der Waals surface area contributed by atoms with Gasteiger partial charge < -0.3 is 10.2 Å². The predicted octanol–water partition coefficient (Wildman–Crippen LogP) is 3.84. The van der Waals surface area contributed by atoms with Crippen molar-refractivity contribution < 1.29 is 9.59 Å². The molecule has 0 aromatic heterocycles. The van der Waals surface area contributed by atoms with Crippen molar-refractivity contribution in [3.8, 4) is 0 Å². The maximum absolute atomic E-state index is 12.5. The van der Waals surface area contributed by atoms with Crippen LogP contribution in [0.5, 0.6) is 0 Å². The third kappa shape index (κ3) is 4.12. The van der Waals surface area contributed by atoms with Crippen LogP contribution in [0.4, 0.5) is 16.2 Å². The third-order valence-corrected chi connectivity index (χ3v) is 4.33. The molecule has 6 heteroatoms. The number of rotatable bonds is 4. The Morgan fingerprint density at radius 1 is 1.08 bits per heavy atom. The lowest BCUT2D eigenvalue weighted by Gasteiger charge is -2.18. The Hall–Kier alpha value is -2.53. The van der Waals surface area contributed by atoms with E-state index in [0.717, 1.165) is 22.5 Å². The lowest BCUT2D eigenvalue weighted by atomic mass is 10.1. The SMILES string of the molecule is Cc1cc(C)cc(NC(=O)CN2CCN(c3ccc(Cl)cc3)C2=O)c1. The molecule has 0 spiro atoms. The summed E-state index contributed by atoms with van der Waals surface area (Å²) in [5, 5.41) is 3.49. The minimum Gasteiger partial charge on any atom is -0.325 e. The van der Waals surface area contributed by atoms with Gasteiger partial charge in [0.25, 0.3) is 0 Å². The zero-order chi connectivity index (χ0) is 18.0. The first kappa shape index (κ1) is 17.3. The number of urea groups is 1. The number of nitrogens with zero attached hydrogens (tertiary/aromatic N) is 2. The molecule has 0 radical (unpaired) electrons. The van der Waals surface area contributed by atoms with Gasteiger partial charge in [-0.1, -0.05) is 17.7 Å². The molecular weight excluding hydrogens is 338 g/mol. The van der Waals surface area contributed by atoms with Crippen LogP contribution < -0.4 is 10.2 Å². The van der Waals surface area contributed by atoms with E-state index in [1.54, 1.807) is 34.1 Å². The number of carbonyl (C=O) groups is 2. The first-order chi connectivity index (χ1) is 11.9. The van der Waals surface area contributed by atoms with E-state index in [9.17, 15) is 9.59 Å². The number of nitrogens with one attached hydrogen (secondary N) is 1. The number of halogens is 1. The van der Waals surface area contributed by atoms with Crippen molar-refractivity contribution in [2.75, 3.05) is 29.9 Å². The van der Waals surface area contributed by atoms with E-state index in [2.05, 4.69) is 5.32 Å². The van der Waals surface area contributed by atoms with Gasteiger partial charge >= 0.3 is 6.03 Å². The molecule has 1 aliphatic rings. The van der Waals surface area contributed by atoms with Crippen LogP contribution in [-0.4, -0.2) is 36.5 Å². The number of aryl methyl sites for hydroxylation is 2. The lowest BCUT2D eigenvalue weighted by molar-refractivity contribution is -0.116. The van der Waals surface area contributed by atoms with E-state index in [1.165, 1.54) is 0 Å². The van der Waals surface area contributed by atoms with Crippen LogP contribution in [0.15, 0.2) is 42.5 Å². The van der Waals surface area contributed by atoms with Crippen LogP contribution in [0.3, 0.4) is 0 Å². The fourth-order valence-corrected chi connectivity index (χ4v) is 3.14. The van der Waals surface area contributed by atoms with Gasteiger partial charge in [0.2, 0.25) is 5.91 Å². The average Bonchev–Trinajstić information content (AvgIpc) is 2.88. The Labute approximate surface area is 152 Å². The second-order valence-corrected chi connectivity index (χ2v) is 6.69. The normalized spacial score (nSPS) is 14.1. The second-order valence-electron chi connectivity index (χ2n) is 6.26. The minimum absolute atomic E-state index is 0.0376.